The van der Waals surface area contributed by atoms with Gasteiger partial charge in [-0.2, -0.15) is 0 Å². The van der Waals surface area contributed by atoms with Crippen molar-refractivity contribution in [3.05, 3.63) is 0 Å². The van der Waals surface area contributed by atoms with Crippen molar-refractivity contribution in [2.75, 3.05) is 0 Å². The Balaban J connectivity index is -0.0000000800. The molecule has 0 N–H and O–H groups in total. The van der Waals surface area contributed by atoms with Gasteiger partial charge in [0.05, 0.1) is 0 Å². The van der Waals surface area contributed by atoms with E-state index < -0.39 is 7.25 Å². The standard InChI is InChI=1S/BF4.Be.Rb.3H/c2-1(3,4)5;;;;;/q-1;;;;;. The van der Waals surface area contributed by atoms with Crippen molar-refractivity contribution in [2.24, 2.45) is 0 Å². The molecule has 0 aromatic rings. The quantitative estimate of drug-likeness (QED) is 0.359. The molecule has 38 valence electrons. The van der Waals surface area contributed by atoms with E-state index >= 15 is 0 Å². The van der Waals surface area contributed by atoms with E-state index in [1.165, 1.54) is 0 Å². The van der Waals surface area contributed by atoms with Crippen LogP contribution >= 0.6 is 0 Å². The van der Waals surface area contributed by atoms with Gasteiger partial charge >= 0.3 is 75.6 Å². The summed E-state index contributed by atoms with van der Waals surface area (Å²) in [5.74, 6) is 0. The van der Waals surface area contributed by atoms with Gasteiger partial charge in [0.15, 0.2) is 0 Å². The van der Waals surface area contributed by atoms with Crippen LogP contribution in [-0.4, -0.2) is 75.6 Å². The molecular formula is H3BBeF4Rb-. The Morgan fingerprint density at radius 3 is 0.857 bits per heavy atom. The summed E-state index contributed by atoms with van der Waals surface area (Å²) in [4.78, 5) is 0. The molecule has 0 radical (unpaired) electrons. The van der Waals surface area contributed by atoms with Crippen molar-refractivity contribution in [2.45, 2.75) is 0 Å². The summed E-state index contributed by atoms with van der Waals surface area (Å²) in [6, 6.07) is 0. The molecule has 0 saturated carbocycles. The van der Waals surface area contributed by atoms with Crippen molar-refractivity contribution in [3.8, 4) is 0 Å². The summed E-state index contributed by atoms with van der Waals surface area (Å²) in [6.07, 6.45) is 0. The van der Waals surface area contributed by atoms with Gasteiger partial charge in [0.1, 0.15) is 0 Å². The van der Waals surface area contributed by atoms with Gasteiger partial charge in [-0.1, -0.05) is 0 Å². The predicted octanol–water partition coefficient (Wildman–Crippen LogP) is -0.265. The van der Waals surface area contributed by atoms with Gasteiger partial charge in [0.2, 0.25) is 0 Å². The van der Waals surface area contributed by atoms with Crippen molar-refractivity contribution in [1.29, 1.82) is 0 Å². The fourth-order valence-corrected chi connectivity index (χ4v) is 0. The van der Waals surface area contributed by atoms with Crippen LogP contribution in [0.15, 0.2) is 0 Å². The van der Waals surface area contributed by atoms with Crippen LogP contribution in [0, 0.1) is 0 Å². The molecule has 7 heteroatoms. The average molecular weight is 184 g/mol. The molecular weight excluding hydrogens is 181 g/mol. The molecule has 0 saturated heterocycles. The molecule has 0 rings (SSSR count). The second kappa shape index (κ2) is 5.89. The van der Waals surface area contributed by atoms with E-state index in [9.17, 15) is 17.3 Å². The van der Waals surface area contributed by atoms with Crippen LogP contribution in [0.5, 0.6) is 0 Å². The first-order chi connectivity index (χ1) is 2.00. The Bertz CT molecular complexity index is 27.2. The first kappa shape index (κ1) is 15.9. The molecule has 0 spiro atoms. The summed E-state index contributed by atoms with van der Waals surface area (Å²) in [5.41, 5.74) is 0. The Kier molecular flexibility index (Phi) is 13.4. The molecule has 0 nitrogen and oxygen atoms in total. The van der Waals surface area contributed by atoms with Crippen molar-refractivity contribution in [1.82, 2.24) is 0 Å². The average Bonchev–Trinajstić information content (AvgIpc) is 0.722. The topological polar surface area (TPSA) is 0 Å². The third kappa shape index (κ3) is 83.2. The van der Waals surface area contributed by atoms with E-state index in [0.29, 0.717) is 0 Å². The van der Waals surface area contributed by atoms with Gasteiger partial charge in [-0.3, -0.25) is 0 Å². The van der Waals surface area contributed by atoms with E-state index in [0.717, 1.165) is 0 Å². The third-order valence-corrected chi connectivity index (χ3v) is 0. The maximum absolute atomic E-state index is 9.75. The van der Waals surface area contributed by atoms with Crippen LogP contribution in [0.2, 0.25) is 0 Å². The second-order valence-corrected chi connectivity index (χ2v) is 0.495. The summed E-state index contributed by atoms with van der Waals surface area (Å²) in [5, 5.41) is 0. The molecule has 7 heavy (non-hydrogen) atoms. The second-order valence-electron chi connectivity index (χ2n) is 0.495. The Morgan fingerprint density at radius 2 is 0.857 bits per heavy atom. The van der Waals surface area contributed by atoms with Crippen molar-refractivity contribution < 1.29 is 17.3 Å². The molecule has 0 aromatic heterocycles. The SMILES string of the molecule is F[B-](F)(F)F.[BeH2].[RbH]. The van der Waals surface area contributed by atoms with E-state index in [1.807, 2.05) is 0 Å². The van der Waals surface area contributed by atoms with Crippen LogP contribution in [0.1, 0.15) is 0 Å². The summed E-state index contributed by atoms with van der Waals surface area (Å²) >= 11 is 0. The third-order valence-electron chi connectivity index (χ3n) is 0. The van der Waals surface area contributed by atoms with Gasteiger partial charge in [-0.25, -0.2) is 0 Å². The van der Waals surface area contributed by atoms with E-state index in [1.54, 1.807) is 0 Å². The number of hydrogen-bond acceptors (Lipinski definition) is 0. The molecule has 0 aliphatic carbocycles. The first-order valence-electron chi connectivity index (χ1n) is 0.873. The molecule has 0 heterocycles. The monoisotopic (exact) mass is 184 g/mol. The zero-order valence-electron chi connectivity index (χ0n) is 2.09. The fourth-order valence-electron chi connectivity index (χ4n) is 0. The predicted molar refractivity (Wildman–Crippen MR) is 25.9 cm³/mol. The maximum atomic E-state index is 9.75. The molecule has 0 aliphatic heterocycles. The fraction of sp³-hybridized carbons (Fsp3) is 0. The molecule has 0 aliphatic rings. The summed E-state index contributed by atoms with van der Waals surface area (Å²) in [7, 11) is -6.00. The first-order valence-corrected chi connectivity index (χ1v) is 0.873. The summed E-state index contributed by atoms with van der Waals surface area (Å²) in [6.45, 7) is 0. The molecule has 0 unspecified atom stereocenters. The van der Waals surface area contributed by atoms with Crippen LogP contribution in [-0.2, 0) is 0 Å². The van der Waals surface area contributed by atoms with Crippen LogP contribution in [0.25, 0.3) is 0 Å². The zero-order valence-corrected chi connectivity index (χ0v) is 2.09. The normalized spacial score (nSPS) is 8.57. The molecule has 0 atom stereocenters. The minimum absolute atomic E-state index is 0. The van der Waals surface area contributed by atoms with Gasteiger partial charge < -0.3 is 17.3 Å². The minimum atomic E-state index is -6.00. The number of rotatable bonds is 0. The summed E-state index contributed by atoms with van der Waals surface area (Å²) < 4.78 is 39.0. The molecule has 0 amide bonds. The van der Waals surface area contributed by atoms with Crippen LogP contribution in [0.4, 0.5) is 17.3 Å². The molecule has 0 fully saturated rings. The van der Waals surface area contributed by atoms with Gasteiger partial charge in [0, 0.05) is 0 Å². The number of hydrogen-bond donors (Lipinski definition) is 0. The van der Waals surface area contributed by atoms with Gasteiger partial charge in [0.25, 0.3) is 0 Å². The molecule has 0 aromatic carbocycles. The Hall–Kier alpha value is 1.76. The van der Waals surface area contributed by atoms with Gasteiger partial charge in [-0.05, 0) is 0 Å². The van der Waals surface area contributed by atoms with E-state index in [-0.39, 0.29) is 68.3 Å². The van der Waals surface area contributed by atoms with Gasteiger partial charge in [-0.15, -0.1) is 0 Å². The molecule has 0 bridgehead atoms. The van der Waals surface area contributed by atoms with E-state index in [4.69, 9.17) is 0 Å². The zero-order chi connectivity index (χ0) is 4.50. The van der Waals surface area contributed by atoms with Crippen molar-refractivity contribution >= 4 is 75.6 Å². The number of halogens is 4. The van der Waals surface area contributed by atoms with E-state index in [2.05, 4.69) is 0 Å². The van der Waals surface area contributed by atoms with Crippen LogP contribution in [0.3, 0.4) is 0 Å². The Labute approximate surface area is 91.1 Å². The van der Waals surface area contributed by atoms with Crippen molar-refractivity contribution in [3.63, 3.8) is 0 Å². The Morgan fingerprint density at radius 1 is 0.857 bits per heavy atom. The van der Waals surface area contributed by atoms with Crippen LogP contribution < -0.4 is 0 Å².